The van der Waals surface area contributed by atoms with Crippen LogP contribution in [-0.4, -0.2) is 18.5 Å². The monoisotopic (exact) mass is 301 g/mol. The fraction of sp³-hybridized carbons (Fsp3) is 0.444. The number of anilines is 1. The van der Waals surface area contributed by atoms with Crippen molar-refractivity contribution in [2.75, 3.05) is 11.9 Å². The highest BCUT2D eigenvalue weighted by atomic mass is 16.5. The lowest BCUT2D eigenvalue weighted by atomic mass is 9.95. The highest BCUT2D eigenvalue weighted by Gasteiger charge is 2.14. The van der Waals surface area contributed by atoms with E-state index in [1.807, 2.05) is 13.8 Å². The number of carbonyl (C=O) groups excluding carboxylic acids is 2. The number of ether oxygens (including phenoxy) is 1. The van der Waals surface area contributed by atoms with Crippen LogP contribution in [0.2, 0.25) is 0 Å². The lowest BCUT2D eigenvalue weighted by Crippen LogP contribution is -2.18. The Kier molecular flexibility index (Phi) is 5.75. The van der Waals surface area contributed by atoms with Gasteiger partial charge >= 0.3 is 5.97 Å². The van der Waals surface area contributed by atoms with Gasteiger partial charge < -0.3 is 10.1 Å². The number of benzene rings is 1. The van der Waals surface area contributed by atoms with Crippen LogP contribution in [0.1, 0.15) is 43.5 Å². The number of amides is 1. The van der Waals surface area contributed by atoms with Crippen molar-refractivity contribution < 1.29 is 14.3 Å². The Labute approximate surface area is 131 Å². The molecule has 0 aromatic heterocycles. The van der Waals surface area contributed by atoms with Gasteiger partial charge in [-0.1, -0.05) is 26.0 Å². The van der Waals surface area contributed by atoms with Crippen molar-refractivity contribution in [2.24, 2.45) is 11.8 Å². The highest BCUT2D eigenvalue weighted by Crippen LogP contribution is 2.19. The molecule has 1 aromatic carbocycles. The van der Waals surface area contributed by atoms with Crippen LogP contribution in [0.15, 0.2) is 36.4 Å². The molecule has 0 radical (unpaired) electrons. The maximum Gasteiger partial charge on any atom is 0.338 e. The molecule has 22 heavy (non-hydrogen) atoms. The first-order valence-electron chi connectivity index (χ1n) is 7.79. The van der Waals surface area contributed by atoms with Crippen LogP contribution >= 0.6 is 0 Å². The molecule has 1 aromatic rings. The van der Waals surface area contributed by atoms with Gasteiger partial charge in [-0.25, -0.2) is 4.79 Å². The molecule has 0 aliphatic heterocycles. The summed E-state index contributed by atoms with van der Waals surface area (Å²) in [5.74, 6) is 0.00436. The van der Waals surface area contributed by atoms with Crippen LogP contribution in [0.25, 0.3) is 0 Å². The Bertz CT molecular complexity index is 546. The molecule has 1 aliphatic rings. The standard InChI is InChI=1S/C18H23NO3/c1-13(2)17(20)19-16-10-8-15(9-11-16)18(21)22-12-14-6-4-3-5-7-14/h3-4,8-11,13-14H,5-7,12H2,1-2H3,(H,19,20). The first-order valence-corrected chi connectivity index (χ1v) is 7.79. The topological polar surface area (TPSA) is 55.4 Å². The minimum atomic E-state index is -0.309. The quantitative estimate of drug-likeness (QED) is 0.665. The summed E-state index contributed by atoms with van der Waals surface area (Å²) in [6.07, 6.45) is 7.43. The summed E-state index contributed by atoms with van der Waals surface area (Å²) < 4.78 is 5.37. The molecule has 1 unspecified atom stereocenters. The fourth-order valence-corrected chi connectivity index (χ4v) is 2.26. The van der Waals surface area contributed by atoms with Gasteiger partial charge in [0.1, 0.15) is 0 Å². The molecule has 4 nitrogen and oxygen atoms in total. The van der Waals surface area contributed by atoms with E-state index in [1.165, 1.54) is 0 Å². The van der Waals surface area contributed by atoms with Crippen LogP contribution in [0.5, 0.6) is 0 Å². The summed E-state index contributed by atoms with van der Waals surface area (Å²) in [6, 6.07) is 6.80. The van der Waals surface area contributed by atoms with Crippen LogP contribution in [0.3, 0.4) is 0 Å². The van der Waals surface area contributed by atoms with Crippen molar-refractivity contribution in [1.29, 1.82) is 0 Å². The summed E-state index contributed by atoms with van der Waals surface area (Å²) in [4.78, 5) is 23.6. The molecule has 0 saturated heterocycles. The molecule has 1 amide bonds. The van der Waals surface area contributed by atoms with Gasteiger partial charge in [-0.3, -0.25) is 4.79 Å². The molecule has 1 N–H and O–H groups in total. The van der Waals surface area contributed by atoms with Crippen molar-refractivity contribution in [3.63, 3.8) is 0 Å². The second-order valence-electron chi connectivity index (χ2n) is 5.97. The molecule has 118 valence electrons. The Hall–Kier alpha value is -2.10. The van der Waals surface area contributed by atoms with Crippen molar-refractivity contribution in [3.8, 4) is 0 Å². The van der Waals surface area contributed by atoms with Crippen LogP contribution in [0, 0.1) is 11.8 Å². The molecule has 0 spiro atoms. The van der Waals surface area contributed by atoms with Gasteiger partial charge in [0.15, 0.2) is 0 Å². The van der Waals surface area contributed by atoms with Crippen LogP contribution in [0.4, 0.5) is 5.69 Å². The second kappa shape index (κ2) is 7.78. The van der Waals surface area contributed by atoms with E-state index in [-0.39, 0.29) is 17.8 Å². The Morgan fingerprint density at radius 1 is 1.23 bits per heavy atom. The minimum absolute atomic E-state index is 0.0410. The predicted molar refractivity (Wildman–Crippen MR) is 86.7 cm³/mol. The van der Waals surface area contributed by atoms with Crippen molar-refractivity contribution in [2.45, 2.75) is 33.1 Å². The number of carbonyl (C=O) groups is 2. The van der Waals surface area contributed by atoms with E-state index in [4.69, 9.17) is 4.74 Å². The summed E-state index contributed by atoms with van der Waals surface area (Å²) in [7, 11) is 0. The summed E-state index contributed by atoms with van der Waals surface area (Å²) in [5, 5.41) is 2.79. The number of esters is 1. The lowest BCUT2D eigenvalue weighted by Gasteiger charge is -2.17. The molecule has 2 rings (SSSR count). The van der Waals surface area contributed by atoms with E-state index in [0.717, 1.165) is 19.3 Å². The molecule has 0 saturated carbocycles. The van der Waals surface area contributed by atoms with E-state index in [0.29, 0.717) is 23.8 Å². The van der Waals surface area contributed by atoms with Crippen molar-refractivity contribution in [3.05, 3.63) is 42.0 Å². The van der Waals surface area contributed by atoms with E-state index in [9.17, 15) is 9.59 Å². The Morgan fingerprint density at radius 3 is 2.55 bits per heavy atom. The van der Waals surface area contributed by atoms with E-state index in [2.05, 4.69) is 17.5 Å². The van der Waals surface area contributed by atoms with Crippen LogP contribution in [-0.2, 0) is 9.53 Å². The molecule has 0 fully saturated rings. The van der Waals surface area contributed by atoms with Gasteiger partial charge in [0.25, 0.3) is 0 Å². The Morgan fingerprint density at radius 2 is 1.95 bits per heavy atom. The zero-order valence-corrected chi connectivity index (χ0v) is 13.2. The first-order chi connectivity index (χ1) is 10.6. The van der Waals surface area contributed by atoms with Gasteiger partial charge in [0.2, 0.25) is 5.91 Å². The van der Waals surface area contributed by atoms with E-state index in [1.54, 1.807) is 24.3 Å². The van der Waals surface area contributed by atoms with Gasteiger partial charge in [-0.2, -0.15) is 0 Å². The van der Waals surface area contributed by atoms with E-state index < -0.39 is 0 Å². The minimum Gasteiger partial charge on any atom is -0.462 e. The average molecular weight is 301 g/mol. The van der Waals surface area contributed by atoms with Gasteiger partial charge in [0, 0.05) is 11.6 Å². The third-order valence-electron chi connectivity index (χ3n) is 3.74. The molecule has 0 heterocycles. The fourth-order valence-electron chi connectivity index (χ4n) is 2.26. The normalized spacial score (nSPS) is 17.3. The smallest absolute Gasteiger partial charge is 0.338 e. The zero-order chi connectivity index (χ0) is 15.9. The summed E-state index contributed by atoms with van der Waals surface area (Å²) in [6.45, 7) is 4.14. The summed E-state index contributed by atoms with van der Waals surface area (Å²) >= 11 is 0. The maximum absolute atomic E-state index is 12.0. The van der Waals surface area contributed by atoms with Crippen molar-refractivity contribution in [1.82, 2.24) is 0 Å². The Balaban J connectivity index is 1.85. The number of allylic oxidation sites excluding steroid dienone is 2. The molecule has 0 bridgehead atoms. The van der Waals surface area contributed by atoms with E-state index >= 15 is 0 Å². The average Bonchev–Trinajstić information content (AvgIpc) is 2.54. The first kappa shape index (κ1) is 16.3. The summed E-state index contributed by atoms with van der Waals surface area (Å²) in [5.41, 5.74) is 1.20. The third kappa shape index (κ3) is 4.72. The highest BCUT2D eigenvalue weighted by molar-refractivity contribution is 5.93. The molecular formula is C18H23NO3. The van der Waals surface area contributed by atoms with Gasteiger partial charge in [0.05, 0.1) is 12.2 Å². The predicted octanol–water partition coefficient (Wildman–Crippen LogP) is 3.79. The van der Waals surface area contributed by atoms with Gasteiger partial charge in [-0.15, -0.1) is 0 Å². The molecule has 1 aliphatic carbocycles. The number of hydrogen-bond acceptors (Lipinski definition) is 3. The van der Waals surface area contributed by atoms with Gasteiger partial charge in [-0.05, 0) is 49.4 Å². The second-order valence-corrected chi connectivity index (χ2v) is 5.97. The van der Waals surface area contributed by atoms with Crippen LogP contribution < -0.4 is 5.32 Å². The number of nitrogens with one attached hydrogen (secondary N) is 1. The lowest BCUT2D eigenvalue weighted by molar-refractivity contribution is -0.118. The SMILES string of the molecule is CC(C)C(=O)Nc1ccc(C(=O)OCC2CC=CCC2)cc1. The molecule has 4 heteroatoms. The van der Waals surface area contributed by atoms with Crippen molar-refractivity contribution >= 4 is 17.6 Å². The third-order valence-corrected chi connectivity index (χ3v) is 3.74. The maximum atomic E-state index is 12.0. The zero-order valence-electron chi connectivity index (χ0n) is 13.2. The molecule has 1 atom stereocenters. The number of hydrogen-bond donors (Lipinski definition) is 1. The molecular weight excluding hydrogens is 278 g/mol. The largest absolute Gasteiger partial charge is 0.462 e. The number of rotatable bonds is 5.